The number of hydrogen-bond donors (Lipinski definition) is 0. The number of aromatic nitrogens is 2. The number of nitrogens with zero attached hydrogens (tertiary/aromatic N) is 4. The number of esters is 1. The van der Waals surface area contributed by atoms with E-state index in [0.717, 1.165) is 5.56 Å². The largest absolute Gasteiger partial charge is 0.469 e. The highest BCUT2D eigenvalue weighted by Gasteiger charge is 2.16. The lowest BCUT2D eigenvalue weighted by atomic mass is 10.3. The molecule has 3 rings (SSSR count). The average Bonchev–Trinajstić information content (AvgIpc) is 2.89. The Kier molecular flexibility index (Phi) is 4.33. The molecule has 0 aliphatic rings. The quantitative estimate of drug-likeness (QED) is 0.539. The van der Waals surface area contributed by atoms with E-state index in [1.807, 2.05) is 19.1 Å². The zero-order chi connectivity index (χ0) is 17.1. The summed E-state index contributed by atoms with van der Waals surface area (Å²) < 4.78 is 19.7. The van der Waals surface area contributed by atoms with E-state index >= 15 is 0 Å². The van der Waals surface area contributed by atoms with Crippen LogP contribution < -0.4 is 0 Å². The molecular formula is C17H15FN4O2. The second kappa shape index (κ2) is 6.57. The van der Waals surface area contributed by atoms with Gasteiger partial charge in [-0.15, -0.1) is 10.2 Å². The van der Waals surface area contributed by atoms with Gasteiger partial charge >= 0.3 is 5.97 Å². The van der Waals surface area contributed by atoms with Crippen molar-refractivity contribution in [2.75, 3.05) is 7.11 Å². The molecule has 7 heteroatoms. The van der Waals surface area contributed by atoms with E-state index in [1.54, 1.807) is 22.7 Å². The normalized spacial score (nSPS) is 11.3. The van der Waals surface area contributed by atoms with Crippen molar-refractivity contribution in [3.63, 3.8) is 0 Å². The molecule has 122 valence electrons. The van der Waals surface area contributed by atoms with Crippen LogP contribution in [0.5, 0.6) is 0 Å². The summed E-state index contributed by atoms with van der Waals surface area (Å²) in [6, 6.07) is 9.58. The van der Waals surface area contributed by atoms with Crippen LogP contribution in [0.25, 0.3) is 5.65 Å². The van der Waals surface area contributed by atoms with E-state index in [2.05, 4.69) is 15.2 Å². The van der Waals surface area contributed by atoms with Crippen LogP contribution in [0.2, 0.25) is 0 Å². The Morgan fingerprint density at radius 3 is 2.88 bits per heavy atom. The summed E-state index contributed by atoms with van der Waals surface area (Å²) in [5.74, 6) is -0.396. The van der Waals surface area contributed by atoms with Crippen molar-refractivity contribution in [1.29, 1.82) is 0 Å². The van der Waals surface area contributed by atoms with Crippen molar-refractivity contribution in [1.82, 2.24) is 9.38 Å². The lowest BCUT2D eigenvalue weighted by Gasteiger charge is -1.99. The third-order valence-corrected chi connectivity index (χ3v) is 3.43. The van der Waals surface area contributed by atoms with Gasteiger partial charge in [0.05, 0.1) is 24.9 Å². The van der Waals surface area contributed by atoms with Crippen molar-refractivity contribution in [3.8, 4) is 0 Å². The third kappa shape index (κ3) is 3.29. The highest BCUT2D eigenvalue weighted by molar-refractivity contribution is 5.74. The predicted molar refractivity (Wildman–Crippen MR) is 86.2 cm³/mol. The minimum Gasteiger partial charge on any atom is -0.469 e. The van der Waals surface area contributed by atoms with Crippen LogP contribution in [0, 0.1) is 12.7 Å². The molecule has 0 atom stereocenters. The molecule has 6 nitrogen and oxygen atoms in total. The number of azo groups is 1. The Bertz CT molecular complexity index is 933. The lowest BCUT2D eigenvalue weighted by molar-refractivity contribution is -0.139. The Hall–Kier alpha value is -3.09. The Morgan fingerprint density at radius 2 is 2.12 bits per heavy atom. The topological polar surface area (TPSA) is 68.3 Å². The molecule has 0 unspecified atom stereocenters. The summed E-state index contributed by atoms with van der Waals surface area (Å²) in [6.45, 7) is 1.95. The first-order chi connectivity index (χ1) is 11.6. The fourth-order valence-electron chi connectivity index (χ4n) is 2.26. The van der Waals surface area contributed by atoms with E-state index < -0.39 is 11.8 Å². The van der Waals surface area contributed by atoms with Crippen LogP contribution in [0.4, 0.5) is 15.9 Å². The average molecular weight is 326 g/mol. The van der Waals surface area contributed by atoms with Gasteiger partial charge in [-0.2, -0.15) is 0 Å². The maximum Gasteiger partial charge on any atom is 0.311 e. The first-order valence-electron chi connectivity index (χ1n) is 7.28. The first kappa shape index (κ1) is 15.8. The van der Waals surface area contributed by atoms with Crippen molar-refractivity contribution < 1.29 is 13.9 Å². The Labute approximate surface area is 137 Å². The molecule has 2 aromatic heterocycles. The van der Waals surface area contributed by atoms with Crippen LogP contribution in [0.1, 0.15) is 11.3 Å². The van der Waals surface area contributed by atoms with Crippen molar-refractivity contribution >= 4 is 23.1 Å². The standard InChI is InChI=1S/C17H15FN4O2/c1-11-6-7-22-15(8-11)19-14(10-16(23)24-2)17(22)21-20-13-5-3-4-12(18)9-13/h3-9H,10H2,1-2H3. The number of benzene rings is 1. The number of pyridine rings is 1. The zero-order valence-electron chi connectivity index (χ0n) is 13.2. The van der Waals surface area contributed by atoms with E-state index in [-0.39, 0.29) is 6.42 Å². The molecule has 1 aromatic carbocycles. The molecule has 0 N–H and O–H groups in total. The fraction of sp³-hybridized carbons (Fsp3) is 0.176. The van der Waals surface area contributed by atoms with E-state index in [9.17, 15) is 9.18 Å². The van der Waals surface area contributed by atoms with E-state index in [0.29, 0.717) is 22.8 Å². The summed E-state index contributed by atoms with van der Waals surface area (Å²) in [7, 11) is 1.32. The van der Waals surface area contributed by atoms with Gasteiger partial charge in [-0.25, -0.2) is 9.37 Å². The lowest BCUT2D eigenvalue weighted by Crippen LogP contribution is -2.04. The number of rotatable bonds is 4. The number of halogens is 1. The van der Waals surface area contributed by atoms with Crippen LogP contribution >= 0.6 is 0 Å². The molecule has 0 saturated carbocycles. The molecule has 24 heavy (non-hydrogen) atoms. The third-order valence-electron chi connectivity index (χ3n) is 3.43. The minimum absolute atomic E-state index is 0.0191. The smallest absolute Gasteiger partial charge is 0.311 e. The maximum absolute atomic E-state index is 13.2. The van der Waals surface area contributed by atoms with Crippen LogP contribution in [-0.2, 0) is 16.0 Å². The van der Waals surface area contributed by atoms with Gasteiger partial charge < -0.3 is 4.74 Å². The zero-order valence-corrected chi connectivity index (χ0v) is 13.2. The molecule has 0 spiro atoms. The number of carbonyl (C=O) groups excluding carboxylic acids is 1. The summed E-state index contributed by atoms with van der Waals surface area (Å²) in [5, 5.41) is 8.22. The van der Waals surface area contributed by atoms with Gasteiger partial charge in [-0.05, 0) is 36.8 Å². The predicted octanol–water partition coefficient (Wildman–Crippen LogP) is 3.91. The molecule has 0 saturated heterocycles. The number of hydrogen-bond acceptors (Lipinski definition) is 5. The molecule has 0 fully saturated rings. The van der Waals surface area contributed by atoms with Crippen molar-refractivity contribution in [2.45, 2.75) is 13.3 Å². The molecule has 0 radical (unpaired) electrons. The molecule has 0 aliphatic carbocycles. The number of methoxy groups -OCH3 is 1. The Morgan fingerprint density at radius 1 is 1.29 bits per heavy atom. The van der Waals surface area contributed by atoms with Crippen LogP contribution in [0.3, 0.4) is 0 Å². The molecule has 3 aromatic rings. The maximum atomic E-state index is 13.2. The number of imidazole rings is 1. The number of fused-ring (bicyclic) bond motifs is 1. The van der Waals surface area contributed by atoms with Crippen molar-refractivity contribution in [2.24, 2.45) is 10.2 Å². The number of ether oxygens (including phenoxy) is 1. The summed E-state index contributed by atoms with van der Waals surface area (Å²) >= 11 is 0. The molecule has 0 amide bonds. The van der Waals surface area contributed by atoms with E-state index in [1.165, 1.54) is 19.2 Å². The monoisotopic (exact) mass is 326 g/mol. The summed E-state index contributed by atoms with van der Waals surface area (Å²) in [4.78, 5) is 16.0. The number of carbonyl (C=O) groups is 1. The summed E-state index contributed by atoms with van der Waals surface area (Å²) in [6.07, 6.45) is 1.78. The van der Waals surface area contributed by atoms with Gasteiger partial charge in [-0.1, -0.05) is 6.07 Å². The van der Waals surface area contributed by atoms with Crippen LogP contribution in [-0.4, -0.2) is 22.5 Å². The second-order valence-electron chi connectivity index (χ2n) is 5.25. The highest BCUT2D eigenvalue weighted by atomic mass is 19.1. The first-order valence-corrected chi connectivity index (χ1v) is 7.28. The molecule has 2 heterocycles. The van der Waals surface area contributed by atoms with Gasteiger partial charge in [0.2, 0.25) is 0 Å². The van der Waals surface area contributed by atoms with Gasteiger partial charge in [-0.3, -0.25) is 9.20 Å². The van der Waals surface area contributed by atoms with Gasteiger partial charge in [0, 0.05) is 12.3 Å². The SMILES string of the molecule is COC(=O)Cc1nc2cc(C)ccn2c1N=Nc1cccc(F)c1. The van der Waals surface area contributed by atoms with E-state index in [4.69, 9.17) is 4.74 Å². The second-order valence-corrected chi connectivity index (χ2v) is 5.25. The van der Waals surface area contributed by atoms with Gasteiger partial charge in [0.25, 0.3) is 0 Å². The van der Waals surface area contributed by atoms with Gasteiger partial charge in [0.15, 0.2) is 5.82 Å². The molecular weight excluding hydrogens is 311 g/mol. The fourth-order valence-corrected chi connectivity index (χ4v) is 2.26. The summed E-state index contributed by atoms with van der Waals surface area (Å²) in [5.41, 5.74) is 2.52. The van der Waals surface area contributed by atoms with Gasteiger partial charge in [0.1, 0.15) is 11.5 Å². The van der Waals surface area contributed by atoms with Crippen LogP contribution in [0.15, 0.2) is 52.8 Å². The molecule has 0 bridgehead atoms. The molecule has 0 aliphatic heterocycles. The van der Waals surface area contributed by atoms with Crippen molar-refractivity contribution in [3.05, 3.63) is 59.7 Å². The highest BCUT2D eigenvalue weighted by Crippen LogP contribution is 2.25. The number of aryl methyl sites for hydroxylation is 1. The Balaban J connectivity index is 2.06. The minimum atomic E-state index is -0.419.